The summed E-state index contributed by atoms with van der Waals surface area (Å²) in [6.07, 6.45) is 0. The molecule has 3 heteroatoms. The second kappa shape index (κ2) is 5.52. The number of furan rings is 1. The Kier molecular flexibility index (Phi) is 3.57. The van der Waals surface area contributed by atoms with Gasteiger partial charge in [0.1, 0.15) is 11.3 Å². The molecule has 0 aliphatic rings. The standard InChI is InChI=1S/C18H20N2O/c1-13-17(16-6-4-5-7-18(16)21-13)12-19-14-8-10-15(11-9-14)20(2)3/h4-11,19H,12H2,1-3H3. The van der Waals surface area contributed by atoms with Crippen LogP contribution < -0.4 is 10.2 Å². The molecule has 0 bridgehead atoms. The Morgan fingerprint density at radius 2 is 1.71 bits per heavy atom. The minimum atomic E-state index is 0.768. The van der Waals surface area contributed by atoms with Crippen molar-refractivity contribution in [3.63, 3.8) is 0 Å². The lowest BCUT2D eigenvalue weighted by Crippen LogP contribution is -2.08. The highest BCUT2D eigenvalue weighted by Crippen LogP contribution is 2.26. The zero-order valence-electron chi connectivity index (χ0n) is 12.7. The van der Waals surface area contributed by atoms with Crippen molar-refractivity contribution in [2.45, 2.75) is 13.5 Å². The summed E-state index contributed by atoms with van der Waals surface area (Å²) < 4.78 is 5.79. The molecule has 3 rings (SSSR count). The highest BCUT2D eigenvalue weighted by Gasteiger charge is 2.09. The van der Waals surface area contributed by atoms with E-state index >= 15 is 0 Å². The van der Waals surface area contributed by atoms with Crippen molar-refractivity contribution >= 4 is 22.3 Å². The van der Waals surface area contributed by atoms with Crippen LogP contribution in [0.25, 0.3) is 11.0 Å². The molecule has 108 valence electrons. The molecule has 2 aromatic carbocycles. The molecule has 0 aliphatic heterocycles. The first-order valence-corrected chi connectivity index (χ1v) is 7.13. The lowest BCUT2D eigenvalue weighted by molar-refractivity contribution is 0.573. The molecule has 3 nitrogen and oxygen atoms in total. The predicted molar refractivity (Wildman–Crippen MR) is 89.0 cm³/mol. The maximum absolute atomic E-state index is 5.79. The molecule has 1 heterocycles. The van der Waals surface area contributed by atoms with Gasteiger partial charge in [-0.2, -0.15) is 0 Å². The molecule has 21 heavy (non-hydrogen) atoms. The molecule has 0 aliphatic carbocycles. The molecule has 3 aromatic rings. The van der Waals surface area contributed by atoms with Crippen molar-refractivity contribution in [1.29, 1.82) is 0 Å². The molecule has 0 amide bonds. The van der Waals surface area contributed by atoms with Crippen molar-refractivity contribution in [3.8, 4) is 0 Å². The second-order valence-electron chi connectivity index (χ2n) is 5.43. The molecule has 0 fully saturated rings. The summed E-state index contributed by atoms with van der Waals surface area (Å²) in [7, 11) is 4.09. The molecule has 1 aromatic heterocycles. The first-order chi connectivity index (χ1) is 10.1. The van der Waals surface area contributed by atoms with Crippen LogP contribution in [0.2, 0.25) is 0 Å². The van der Waals surface area contributed by atoms with E-state index in [2.05, 4.69) is 40.5 Å². The van der Waals surface area contributed by atoms with E-state index in [4.69, 9.17) is 4.42 Å². The number of rotatable bonds is 4. The largest absolute Gasteiger partial charge is 0.461 e. The van der Waals surface area contributed by atoms with Crippen molar-refractivity contribution in [2.24, 2.45) is 0 Å². The Bertz CT molecular complexity index is 742. The highest BCUT2D eigenvalue weighted by atomic mass is 16.3. The van der Waals surface area contributed by atoms with Gasteiger partial charge < -0.3 is 14.6 Å². The van der Waals surface area contributed by atoms with Gasteiger partial charge in [0.05, 0.1) is 0 Å². The Morgan fingerprint density at radius 3 is 2.43 bits per heavy atom. The number of nitrogens with one attached hydrogen (secondary N) is 1. The smallest absolute Gasteiger partial charge is 0.134 e. The minimum absolute atomic E-state index is 0.768. The van der Waals surface area contributed by atoms with Crippen LogP contribution in [0.3, 0.4) is 0 Å². The zero-order valence-corrected chi connectivity index (χ0v) is 12.7. The summed E-state index contributed by atoms with van der Waals surface area (Å²) in [4.78, 5) is 2.09. The van der Waals surface area contributed by atoms with Gasteiger partial charge in [0, 0.05) is 43.0 Å². The van der Waals surface area contributed by atoms with E-state index in [0.717, 1.165) is 23.6 Å². The SMILES string of the molecule is Cc1oc2ccccc2c1CNc1ccc(N(C)C)cc1. The summed E-state index contributed by atoms with van der Waals surface area (Å²) in [6, 6.07) is 16.6. The zero-order chi connectivity index (χ0) is 14.8. The Balaban J connectivity index is 1.78. The molecular formula is C18H20N2O. The summed E-state index contributed by atoms with van der Waals surface area (Å²) in [5, 5.41) is 4.66. The van der Waals surface area contributed by atoms with Crippen molar-refractivity contribution in [2.75, 3.05) is 24.3 Å². The summed E-state index contributed by atoms with van der Waals surface area (Å²) in [6.45, 7) is 2.79. The monoisotopic (exact) mass is 280 g/mol. The third-order valence-corrected chi connectivity index (χ3v) is 3.75. The maximum Gasteiger partial charge on any atom is 0.134 e. The number of benzene rings is 2. The van der Waals surface area contributed by atoms with Crippen LogP contribution in [0.4, 0.5) is 11.4 Å². The van der Waals surface area contributed by atoms with Gasteiger partial charge in [-0.05, 0) is 37.3 Å². The highest BCUT2D eigenvalue weighted by molar-refractivity contribution is 5.82. The molecule has 0 spiro atoms. The van der Waals surface area contributed by atoms with Crippen LogP contribution >= 0.6 is 0 Å². The number of fused-ring (bicyclic) bond motifs is 1. The van der Waals surface area contributed by atoms with Crippen molar-refractivity contribution < 1.29 is 4.42 Å². The molecule has 0 saturated carbocycles. The minimum Gasteiger partial charge on any atom is -0.461 e. The van der Waals surface area contributed by atoms with Crippen LogP contribution in [-0.4, -0.2) is 14.1 Å². The fourth-order valence-corrected chi connectivity index (χ4v) is 2.51. The fourth-order valence-electron chi connectivity index (χ4n) is 2.51. The van der Waals surface area contributed by atoms with Crippen molar-refractivity contribution in [1.82, 2.24) is 0 Å². The normalized spacial score (nSPS) is 10.8. The van der Waals surface area contributed by atoms with Crippen LogP contribution in [-0.2, 0) is 6.54 Å². The van der Waals surface area contributed by atoms with Crippen LogP contribution in [0.15, 0.2) is 52.9 Å². The Morgan fingerprint density at radius 1 is 1.00 bits per heavy atom. The van der Waals surface area contributed by atoms with Crippen LogP contribution in [0, 0.1) is 6.92 Å². The number of aryl methyl sites for hydroxylation is 1. The molecule has 0 unspecified atom stereocenters. The maximum atomic E-state index is 5.79. The quantitative estimate of drug-likeness (QED) is 0.767. The van der Waals surface area contributed by atoms with E-state index in [1.165, 1.54) is 16.6 Å². The molecule has 0 radical (unpaired) electrons. The van der Waals surface area contributed by atoms with Gasteiger partial charge in [0.25, 0.3) is 0 Å². The number of hydrogen-bond acceptors (Lipinski definition) is 3. The van der Waals surface area contributed by atoms with Crippen LogP contribution in [0.1, 0.15) is 11.3 Å². The van der Waals surface area contributed by atoms with E-state index in [9.17, 15) is 0 Å². The summed E-state index contributed by atoms with van der Waals surface area (Å²) in [5.74, 6) is 0.980. The van der Waals surface area contributed by atoms with Crippen molar-refractivity contribution in [3.05, 3.63) is 59.9 Å². The summed E-state index contributed by atoms with van der Waals surface area (Å²) in [5.41, 5.74) is 4.49. The number of hydrogen-bond donors (Lipinski definition) is 1. The number of anilines is 2. The lowest BCUT2D eigenvalue weighted by Gasteiger charge is -2.13. The van der Waals surface area contributed by atoms with E-state index < -0.39 is 0 Å². The molecule has 0 saturated heterocycles. The Labute approximate surface area is 125 Å². The topological polar surface area (TPSA) is 28.4 Å². The van der Waals surface area contributed by atoms with Gasteiger partial charge in [-0.1, -0.05) is 18.2 Å². The Hall–Kier alpha value is -2.42. The van der Waals surface area contributed by atoms with Gasteiger partial charge >= 0.3 is 0 Å². The third kappa shape index (κ3) is 2.72. The van der Waals surface area contributed by atoms with E-state index in [1.54, 1.807) is 0 Å². The first kappa shape index (κ1) is 13.6. The van der Waals surface area contributed by atoms with E-state index in [1.807, 2.05) is 39.2 Å². The number of para-hydroxylation sites is 1. The van der Waals surface area contributed by atoms with Crippen LogP contribution in [0.5, 0.6) is 0 Å². The first-order valence-electron chi connectivity index (χ1n) is 7.13. The van der Waals surface area contributed by atoms with E-state index in [-0.39, 0.29) is 0 Å². The van der Waals surface area contributed by atoms with Gasteiger partial charge in [-0.15, -0.1) is 0 Å². The fraction of sp³-hybridized carbons (Fsp3) is 0.222. The average Bonchev–Trinajstić information content (AvgIpc) is 2.81. The predicted octanol–water partition coefficient (Wildman–Crippen LogP) is 4.42. The molecular weight excluding hydrogens is 260 g/mol. The van der Waals surface area contributed by atoms with Gasteiger partial charge in [-0.25, -0.2) is 0 Å². The van der Waals surface area contributed by atoms with Gasteiger partial charge in [0.2, 0.25) is 0 Å². The third-order valence-electron chi connectivity index (χ3n) is 3.75. The van der Waals surface area contributed by atoms with Gasteiger partial charge in [-0.3, -0.25) is 0 Å². The average molecular weight is 280 g/mol. The second-order valence-corrected chi connectivity index (χ2v) is 5.43. The van der Waals surface area contributed by atoms with E-state index in [0.29, 0.717) is 0 Å². The molecule has 1 N–H and O–H groups in total. The lowest BCUT2D eigenvalue weighted by atomic mass is 10.1. The van der Waals surface area contributed by atoms with Gasteiger partial charge in [0.15, 0.2) is 0 Å². The molecule has 0 atom stereocenters. The summed E-state index contributed by atoms with van der Waals surface area (Å²) >= 11 is 0. The number of nitrogens with zero attached hydrogens (tertiary/aromatic N) is 1.